The molecule has 0 aromatic carbocycles. The molecule has 5 heteroatoms. The van der Waals surface area contributed by atoms with Gasteiger partial charge in [0.15, 0.2) is 5.69 Å². The van der Waals surface area contributed by atoms with Crippen LogP contribution in [0, 0.1) is 5.41 Å². The van der Waals surface area contributed by atoms with Crippen molar-refractivity contribution in [3.8, 4) is 0 Å². The zero-order chi connectivity index (χ0) is 12.5. The van der Waals surface area contributed by atoms with Crippen molar-refractivity contribution in [2.45, 2.75) is 19.8 Å². The predicted octanol–water partition coefficient (Wildman–Crippen LogP) is 1.66. The van der Waals surface area contributed by atoms with Crippen LogP contribution in [0.15, 0.2) is 12.1 Å². The summed E-state index contributed by atoms with van der Waals surface area (Å²) in [6.45, 7) is 3.04. The summed E-state index contributed by atoms with van der Waals surface area (Å²) in [4.78, 5) is 15.5. The van der Waals surface area contributed by atoms with Crippen molar-refractivity contribution in [2.75, 3.05) is 24.7 Å². The first-order chi connectivity index (χ1) is 8.04. The molecular formula is C12H17N3O2. The molecule has 0 bridgehead atoms. The largest absolute Gasteiger partial charge is 0.464 e. The fourth-order valence-corrected chi connectivity index (χ4v) is 1.52. The van der Waals surface area contributed by atoms with Crippen molar-refractivity contribution in [2.24, 2.45) is 5.41 Å². The van der Waals surface area contributed by atoms with Gasteiger partial charge in [0, 0.05) is 6.54 Å². The summed E-state index contributed by atoms with van der Waals surface area (Å²) < 4.78 is 4.62. The van der Waals surface area contributed by atoms with E-state index >= 15 is 0 Å². The molecule has 3 N–H and O–H groups in total. The van der Waals surface area contributed by atoms with Gasteiger partial charge in [-0.2, -0.15) is 0 Å². The van der Waals surface area contributed by atoms with E-state index in [2.05, 4.69) is 22.0 Å². The molecular weight excluding hydrogens is 218 g/mol. The van der Waals surface area contributed by atoms with Crippen molar-refractivity contribution in [3.63, 3.8) is 0 Å². The van der Waals surface area contributed by atoms with Crippen LogP contribution in [0.25, 0.3) is 0 Å². The van der Waals surface area contributed by atoms with Gasteiger partial charge in [0.1, 0.15) is 5.82 Å². The second kappa shape index (κ2) is 4.24. The maximum absolute atomic E-state index is 11.3. The summed E-state index contributed by atoms with van der Waals surface area (Å²) in [5.74, 6) is 0.103. The lowest BCUT2D eigenvalue weighted by molar-refractivity contribution is 0.0594. The first-order valence-electron chi connectivity index (χ1n) is 5.63. The van der Waals surface area contributed by atoms with Crippen molar-refractivity contribution < 1.29 is 9.53 Å². The Hall–Kier alpha value is -1.78. The average molecular weight is 235 g/mol. The Morgan fingerprint density at radius 1 is 1.59 bits per heavy atom. The fourth-order valence-electron chi connectivity index (χ4n) is 1.52. The third-order valence-corrected chi connectivity index (χ3v) is 3.11. The van der Waals surface area contributed by atoms with Crippen LogP contribution in [0.3, 0.4) is 0 Å². The first kappa shape index (κ1) is 11.7. The number of ether oxygens (including phenoxy) is 1. The molecule has 17 heavy (non-hydrogen) atoms. The number of carbonyl (C=O) groups is 1. The molecule has 0 unspecified atom stereocenters. The van der Waals surface area contributed by atoms with E-state index in [1.165, 1.54) is 20.0 Å². The molecule has 1 heterocycles. The third-order valence-electron chi connectivity index (χ3n) is 3.11. The van der Waals surface area contributed by atoms with E-state index in [4.69, 9.17) is 5.73 Å². The molecule has 0 amide bonds. The maximum Gasteiger partial charge on any atom is 0.356 e. The van der Waals surface area contributed by atoms with E-state index in [0.29, 0.717) is 16.9 Å². The van der Waals surface area contributed by atoms with Crippen LogP contribution < -0.4 is 11.1 Å². The zero-order valence-corrected chi connectivity index (χ0v) is 10.1. The number of nitrogen functional groups attached to an aromatic ring is 1. The molecule has 1 aliphatic rings. The van der Waals surface area contributed by atoms with Gasteiger partial charge in [0.25, 0.3) is 0 Å². The number of nitrogens with two attached hydrogens (primary N) is 1. The zero-order valence-electron chi connectivity index (χ0n) is 10.1. The Balaban J connectivity index is 2.11. The van der Waals surface area contributed by atoms with Crippen LogP contribution in [-0.4, -0.2) is 24.6 Å². The summed E-state index contributed by atoms with van der Waals surface area (Å²) in [5, 5.41) is 3.19. The highest BCUT2D eigenvalue weighted by Crippen LogP contribution is 2.44. The molecule has 0 radical (unpaired) electrons. The lowest BCUT2D eigenvalue weighted by atomic mass is 10.1. The van der Waals surface area contributed by atoms with Gasteiger partial charge in [0.05, 0.1) is 12.8 Å². The smallest absolute Gasteiger partial charge is 0.356 e. The number of hydrogen-bond acceptors (Lipinski definition) is 5. The van der Waals surface area contributed by atoms with E-state index in [0.717, 1.165) is 6.54 Å². The van der Waals surface area contributed by atoms with Gasteiger partial charge in [-0.25, -0.2) is 9.78 Å². The Labute approximate surface area is 100 Å². The molecule has 1 saturated carbocycles. The van der Waals surface area contributed by atoms with Gasteiger partial charge >= 0.3 is 5.97 Å². The van der Waals surface area contributed by atoms with E-state index < -0.39 is 5.97 Å². The Morgan fingerprint density at radius 3 is 2.88 bits per heavy atom. The molecule has 1 aromatic heterocycles. The minimum atomic E-state index is -0.453. The van der Waals surface area contributed by atoms with Crippen LogP contribution in [0.5, 0.6) is 0 Å². The highest BCUT2D eigenvalue weighted by molar-refractivity contribution is 5.88. The number of aromatic nitrogens is 1. The van der Waals surface area contributed by atoms with Gasteiger partial charge in [-0.05, 0) is 30.4 Å². The number of esters is 1. The number of carbonyl (C=O) groups excluding carboxylic acids is 1. The van der Waals surface area contributed by atoms with Crippen LogP contribution in [0.4, 0.5) is 11.5 Å². The van der Waals surface area contributed by atoms with Crippen molar-refractivity contribution >= 4 is 17.5 Å². The fraction of sp³-hybridized carbons (Fsp3) is 0.500. The quantitative estimate of drug-likeness (QED) is 0.776. The molecule has 0 saturated heterocycles. The number of hydrogen-bond donors (Lipinski definition) is 2. The summed E-state index contributed by atoms with van der Waals surface area (Å²) in [7, 11) is 1.33. The predicted molar refractivity (Wildman–Crippen MR) is 65.8 cm³/mol. The minimum absolute atomic E-state index is 0.269. The molecule has 2 rings (SSSR count). The Kier molecular flexibility index (Phi) is 2.92. The van der Waals surface area contributed by atoms with E-state index in [-0.39, 0.29) is 5.69 Å². The molecule has 5 nitrogen and oxygen atoms in total. The van der Waals surface area contributed by atoms with E-state index in [1.807, 2.05) is 0 Å². The monoisotopic (exact) mass is 235 g/mol. The number of rotatable bonds is 4. The molecule has 92 valence electrons. The normalized spacial score (nSPS) is 16.4. The number of nitrogens with one attached hydrogen (secondary N) is 1. The van der Waals surface area contributed by atoms with Gasteiger partial charge < -0.3 is 15.8 Å². The van der Waals surface area contributed by atoms with Gasteiger partial charge in [-0.15, -0.1) is 0 Å². The Morgan fingerprint density at radius 2 is 2.29 bits per heavy atom. The highest BCUT2D eigenvalue weighted by atomic mass is 16.5. The van der Waals surface area contributed by atoms with Crippen LogP contribution >= 0.6 is 0 Å². The minimum Gasteiger partial charge on any atom is -0.464 e. The highest BCUT2D eigenvalue weighted by Gasteiger charge is 2.37. The maximum atomic E-state index is 11.3. The van der Waals surface area contributed by atoms with Crippen LogP contribution in [0.1, 0.15) is 30.3 Å². The number of pyridine rings is 1. The van der Waals surface area contributed by atoms with Crippen molar-refractivity contribution in [1.82, 2.24) is 4.98 Å². The number of nitrogens with zero attached hydrogens (tertiary/aromatic N) is 1. The summed E-state index contributed by atoms with van der Waals surface area (Å²) >= 11 is 0. The molecule has 0 atom stereocenters. The number of anilines is 2. The second-order valence-corrected chi connectivity index (χ2v) is 4.79. The van der Waals surface area contributed by atoms with Crippen LogP contribution in [0.2, 0.25) is 0 Å². The number of methoxy groups -OCH3 is 1. The molecule has 1 aliphatic carbocycles. The van der Waals surface area contributed by atoms with Gasteiger partial charge in [-0.1, -0.05) is 6.92 Å². The standard InChI is InChI=1S/C12H17N3O2/c1-12(5-6-12)7-14-10-8(13)3-4-9(15-10)11(16)17-2/h3-4H,5-7,13H2,1-2H3,(H,14,15). The van der Waals surface area contributed by atoms with Crippen LogP contribution in [-0.2, 0) is 4.74 Å². The SMILES string of the molecule is COC(=O)c1ccc(N)c(NCC2(C)CC2)n1. The summed E-state index contributed by atoms with van der Waals surface area (Å²) in [6, 6.07) is 3.22. The van der Waals surface area contributed by atoms with Crippen molar-refractivity contribution in [1.29, 1.82) is 0 Å². The molecule has 1 fully saturated rings. The molecule has 0 aliphatic heterocycles. The molecule has 0 spiro atoms. The Bertz CT molecular complexity index is 441. The van der Waals surface area contributed by atoms with E-state index in [9.17, 15) is 4.79 Å². The van der Waals surface area contributed by atoms with Gasteiger partial charge in [-0.3, -0.25) is 0 Å². The topological polar surface area (TPSA) is 77.2 Å². The first-order valence-corrected chi connectivity index (χ1v) is 5.63. The van der Waals surface area contributed by atoms with Crippen molar-refractivity contribution in [3.05, 3.63) is 17.8 Å². The van der Waals surface area contributed by atoms with Gasteiger partial charge in [0.2, 0.25) is 0 Å². The summed E-state index contributed by atoms with van der Waals surface area (Å²) in [6.07, 6.45) is 2.44. The lowest BCUT2D eigenvalue weighted by Gasteiger charge is -2.13. The second-order valence-electron chi connectivity index (χ2n) is 4.79. The molecule has 1 aromatic rings. The lowest BCUT2D eigenvalue weighted by Crippen LogP contribution is -2.15. The summed E-state index contributed by atoms with van der Waals surface area (Å²) in [5.41, 5.74) is 6.97. The van der Waals surface area contributed by atoms with E-state index in [1.54, 1.807) is 12.1 Å². The average Bonchev–Trinajstić information content (AvgIpc) is 3.06. The third kappa shape index (κ3) is 2.67.